The van der Waals surface area contributed by atoms with E-state index in [1.165, 1.54) is 12.8 Å². The lowest BCUT2D eigenvalue weighted by atomic mass is 10.1. The van der Waals surface area contributed by atoms with Crippen LogP contribution >= 0.6 is 11.3 Å². The van der Waals surface area contributed by atoms with Crippen molar-refractivity contribution >= 4 is 27.3 Å². The summed E-state index contributed by atoms with van der Waals surface area (Å²) >= 11 is 1.60. The van der Waals surface area contributed by atoms with Crippen molar-refractivity contribution in [2.45, 2.75) is 18.9 Å². The van der Waals surface area contributed by atoms with Gasteiger partial charge in [-0.25, -0.2) is 9.50 Å². The van der Waals surface area contributed by atoms with Gasteiger partial charge in [-0.05, 0) is 39.1 Å². The smallest absolute Gasteiger partial charge is 0.251 e. The molecule has 1 fully saturated rings. The maximum absolute atomic E-state index is 12.4. The zero-order valence-electron chi connectivity index (χ0n) is 15.8. The van der Waals surface area contributed by atoms with Gasteiger partial charge in [0.15, 0.2) is 0 Å². The number of likely N-dealkylation sites (N-methyl/N-ethyl adjacent to an activating group) is 1. The Morgan fingerprint density at radius 2 is 2.15 bits per heavy atom. The van der Waals surface area contributed by atoms with Crippen molar-refractivity contribution < 1.29 is 4.79 Å². The molecular weight excluding hydrogens is 360 g/mol. The van der Waals surface area contributed by atoms with Gasteiger partial charge in [0.25, 0.3) is 5.91 Å². The molecule has 3 aromatic rings. The van der Waals surface area contributed by atoms with Gasteiger partial charge in [-0.15, -0.1) is 5.10 Å². The molecule has 1 aliphatic carbocycles. The van der Waals surface area contributed by atoms with Gasteiger partial charge in [0.1, 0.15) is 0 Å². The number of benzene rings is 1. The molecule has 0 aliphatic heterocycles. The van der Waals surface area contributed by atoms with Gasteiger partial charge in [-0.2, -0.15) is 0 Å². The van der Waals surface area contributed by atoms with Crippen LogP contribution in [0.1, 0.15) is 23.2 Å². The Kier molecular flexibility index (Phi) is 4.84. The minimum Gasteiger partial charge on any atom is -0.351 e. The lowest BCUT2D eigenvalue weighted by Gasteiger charge is -2.12. The third-order valence-corrected chi connectivity index (χ3v) is 5.75. The quantitative estimate of drug-likeness (QED) is 0.677. The molecule has 0 atom stereocenters. The first-order chi connectivity index (χ1) is 13.0. The Bertz CT molecular complexity index is 958. The zero-order chi connectivity index (χ0) is 19.0. The Morgan fingerprint density at radius 3 is 2.89 bits per heavy atom. The minimum absolute atomic E-state index is 0.0631. The van der Waals surface area contributed by atoms with Crippen LogP contribution < -0.4 is 10.2 Å². The molecule has 4 rings (SSSR count). The first kappa shape index (κ1) is 17.9. The summed E-state index contributed by atoms with van der Waals surface area (Å²) in [5.41, 5.74) is 2.49. The Labute approximate surface area is 162 Å². The molecule has 27 heavy (non-hydrogen) atoms. The normalized spacial score (nSPS) is 14.1. The van der Waals surface area contributed by atoms with Crippen molar-refractivity contribution in [1.82, 2.24) is 24.8 Å². The predicted molar refractivity (Wildman–Crippen MR) is 109 cm³/mol. The fraction of sp³-hybridized carbons (Fsp3) is 0.421. The van der Waals surface area contributed by atoms with E-state index in [2.05, 4.69) is 22.2 Å². The van der Waals surface area contributed by atoms with Crippen molar-refractivity contribution in [1.29, 1.82) is 0 Å². The van der Waals surface area contributed by atoms with E-state index >= 15 is 0 Å². The maximum atomic E-state index is 12.4. The molecule has 0 unspecified atom stereocenters. The molecular formula is C19H24N6OS. The van der Waals surface area contributed by atoms with E-state index in [4.69, 9.17) is 5.10 Å². The molecule has 0 radical (unpaired) electrons. The maximum Gasteiger partial charge on any atom is 0.251 e. The number of rotatable bonds is 7. The van der Waals surface area contributed by atoms with Crippen molar-refractivity contribution in [3.05, 3.63) is 36.0 Å². The average molecular weight is 385 g/mol. The molecule has 142 valence electrons. The lowest BCUT2D eigenvalue weighted by molar-refractivity contribution is 0.0951. The van der Waals surface area contributed by atoms with Gasteiger partial charge in [0.2, 0.25) is 10.1 Å². The van der Waals surface area contributed by atoms with Crippen molar-refractivity contribution in [3.8, 4) is 11.3 Å². The molecule has 2 heterocycles. The number of nitrogens with zero attached hydrogens (tertiary/aromatic N) is 5. The monoisotopic (exact) mass is 384 g/mol. The predicted octanol–water partition coefficient (Wildman–Crippen LogP) is 2.35. The molecule has 7 nitrogen and oxygen atoms in total. The summed E-state index contributed by atoms with van der Waals surface area (Å²) in [4.78, 5) is 22.1. The fourth-order valence-electron chi connectivity index (χ4n) is 2.95. The number of carbonyl (C=O) groups is 1. The fourth-order valence-corrected chi connectivity index (χ4v) is 3.86. The van der Waals surface area contributed by atoms with Crippen molar-refractivity contribution in [3.63, 3.8) is 0 Å². The summed E-state index contributed by atoms with van der Waals surface area (Å²) in [7, 11) is 6.06. The number of fused-ring (bicyclic) bond motifs is 1. The first-order valence-electron chi connectivity index (χ1n) is 9.13. The van der Waals surface area contributed by atoms with Crippen LogP contribution in [-0.2, 0) is 0 Å². The molecule has 0 spiro atoms. The summed E-state index contributed by atoms with van der Waals surface area (Å²) in [6.45, 7) is 1.43. The van der Waals surface area contributed by atoms with Crippen LogP contribution in [0.3, 0.4) is 0 Å². The summed E-state index contributed by atoms with van der Waals surface area (Å²) < 4.78 is 1.88. The highest BCUT2D eigenvalue weighted by Crippen LogP contribution is 2.34. The Balaban J connectivity index is 1.57. The van der Waals surface area contributed by atoms with Gasteiger partial charge < -0.3 is 15.1 Å². The third-order valence-electron chi connectivity index (χ3n) is 4.74. The van der Waals surface area contributed by atoms with Gasteiger partial charge in [0, 0.05) is 37.3 Å². The van der Waals surface area contributed by atoms with E-state index in [0.29, 0.717) is 18.2 Å². The second-order valence-corrected chi connectivity index (χ2v) is 8.14. The molecule has 1 saturated carbocycles. The molecule has 2 aromatic heterocycles. The number of imidazole rings is 1. The number of hydrogen-bond acceptors (Lipinski definition) is 6. The van der Waals surface area contributed by atoms with E-state index in [0.717, 1.165) is 27.9 Å². The highest BCUT2D eigenvalue weighted by atomic mass is 32.1. The molecule has 1 aromatic carbocycles. The SMILES string of the molecule is CN(C)CCNC(=O)c1cccc(-c2cnc3sc(N(C)C4CC4)nn23)c1. The number of carbonyl (C=O) groups excluding carboxylic acids is 1. The second-order valence-electron chi connectivity index (χ2n) is 7.20. The largest absolute Gasteiger partial charge is 0.351 e. The summed E-state index contributed by atoms with van der Waals surface area (Å²) in [6, 6.07) is 8.24. The van der Waals surface area contributed by atoms with Crippen LogP contribution in [-0.4, -0.2) is 65.7 Å². The van der Waals surface area contributed by atoms with Crippen LogP contribution in [0.15, 0.2) is 30.5 Å². The number of nitrogens with one attached hydrogen (secondary N) is 1. The zero-order valence-corrected chi connectivity index (χ0v) is 16.7. The minimum atomic E-state index is -0.0631. The van der Waals surface area contributed by atoms with Crippen LogP contribution in [0.2, 0.25) is 0 Å². The summed E-state index contributed by atoms with van der Waals surface area (Å²) in [5.74, 6) is -0.0631. The van der Waals surface area contributed by atoms with E-state index in [9.17, 15) is 4.79 Å². The van der Waals surface area contributed by atoms with Crippen LogP contribution in [0, 0.1) is 0 Å². The van der Waals surface area contributed by atoms with E-state index < -0.39 is 0 Å². The molecule has 8 heteroatoms. The molecule has 1 aliphatic rings. The number of hydrogen-bond donors (Lipinski definition) is 1. The summed E-state index contributed by atoms with van der Waals surface area (Å²) in [6.07, 6.45) is 4.29. The molecule has 0 saturated heterocycles. The average Bonchev–Trinajstić information content (AvgIpc) is 3.30. The van der Waals surface area contributed by atoms with Gasteiger partial charge >= 0.3 is 0 Å². The Morgan fingerprint density at radius 1 is 1.33 bits per heavy atom. The number of amides is 1. The molecule has 0 bridgehead atoms. The second kappa shape index (κ2) is 7.28. The van der Waals surface area contributed by atoms with Crippen molar-refractivity contribution in [2.75, 3.05) is 39.1 Å². The molecule has 1 amide bonds. The highest BCUT2D eigenvalue weighted by molar-refractivity contribution is 7.20. The van der Waals surface area contributed by atoms with Gasteiger partial charge in [-0.3, -0.25) is 4.79 Å². The van der Waals surface area contributed by atoms with Crippen molar-refractivity contribution in [2.24, 2.45) is 0 Å². The molecule has 1 N–H and O–H groups in total. The first-order valence-corrected chi connectivity index (χ1v) is 9.95. The van der Waals surface area contributed by atoms with Gasteiger partial charge in [0.05, 0.1) is 11.9 Å². The lowest BCUT2D eigenvalue weighted by Crippen LogP contribution is -2.31. The topological polar surface area (TPSA) is 65.8 Å². The van der Waals surface area contributed by atoms with E-state index in [1.807, 2.05) is 54.0 Å². The van der Waals surface area contributed by atoms with Crippen LogP contribution in [0.4, 0.5) is 5.13 Å². The summed E-state index contributed by atoms with van der Waals surface area (Å²) in [5, 5.41) is 8.69. The van der Waals surface area contributed by atoms with Gasteiger partial charge in [-0.1, -0.05) is 23.5 Å². The van der Waals surface area contributed by atoms with Crippen LogP contribution in [0.25, 0.3) is 16.2 Å². The third kappa shape index (κ3) is 3.81. The highest BCUT2D eigenvalue weighted by Gasteiger charge is 2.29. The number of anilines is 1. The standard InChI is InChI=1S/C19H24N6OS/c1-23(2)10-9-20-17(26)14-6-4-5-13(11-14)16-12-21-18-25(16)22-19(27-18)24(3)15-7-8-15/h4-6,11-12,15H,7-10H2,1-3H3,(H,20,26). The van der Waals surface area contributed by atoms with E-state index in [1.54, 1.807) is 11.3 Å². The van der Waals surface area contributed by atoms with E-state index in [-0.39, 0.29) is 5.91 Å². The Hall–Kier alpha value is -2.45. The number of aromatic nitrogens is 3. The van der Waals surface area contributed by atoms with Crippen LogP contribution in [0.5, 0.6) is 0 Å².